The number of thiazole rings is 1. The average Bonchev–Trinajstić information content (AvgIpc) is 3.28. The van der Waals surface area contributed by atoms with Crippen LogP contribution in [0.4, 0.5) is 5.69 Å². The fourth-order valence-corrected chi connectivity index (χ4v) is 4.75. The number of nitrogens with one attached hydrogen (secondary N) is 1. The largest absolute Gasteiger partial charge is 0.487 e. The molecule has 0 unspecified atom stereocenters. The first-order chi connectivity index (χ1) is 16.6. The third-order valence-corrected chi connectivity index (χ3v) is 6.92. The second-order valence-electron chi connectivity index (χ2n) is 8.80. The molecule has 34 heavy (non-hydrogen) atoms. The Hall–Kier alpha value is -2.90. The van der Waals surface area contributed by atoms with E-state index in [0.717, 1.165) is 62.0 Å². The number of hydrogen-bond donors (Lipinski definition) is 1. The van der Waals surface area contributed by atoms with Crippen LogP contribution in [0, 0.1) is 13.8 Å². The quantitative estimate of drug-likeness (QED) is 0.429. The highest BCUT2D eigenvalue weighted by Gasteiger charge is 2.16. The summed E-state index contributed by atoms with van der Waals surface area (Å²) in [5, 5.41) is 6.07. The van der Waals surface area contributed by atoms with Crippen molar-refractivity contribution in [1.29, 1.82) is 0 Å². The third kappa shape index (κ3) is 7.05. The smallest absolute Gasteiger partial charge is 0.251 e. The van der Waals surface area contributed by atoms with Gasteiger partial charge in [-0.05, 0) is 75.2 Å². The van der Waals surface area contributed by atoms with Gasteiger partial charge in [-0.25, -0.2) is 4.98 Å². The monoisotopic (exact) mass is 478 g/mol. The van der Waals surface area contributed by atoms with Crippen LogP contribution >= 0.6 is 11.3 Å². The highest BCUT2D eigenvalue weighted by atomic mass is 32.1. The molecule has 2 heterocycles. The Balaban J connectivity index is 1.09. The molecule has 1 fully saturated rings. The summed E-state index contributed by atoms with van der Waals surface area (Å²) >= 11 is 1.62. The lowest BCUT2D eigenvalue weighted by Gasteiger charge is -2.36. The summed E-state index contributed by atoms with van der Waals surface area (Å²) in [6.07, 6.45) is 2.08. The fourth-order valence-electron chi connectivity index (χ4n) is 4.15. The van der Waals surface area contributed by atoms with E-state index in [1.807, 2.05) is 36.6 Å². The second-order valence-corrected chi connectivity index (χ2v) is 9.86. The Kier molecular flexibility index (Phi) is 8.55. The van der Waals surface area contributed by atoms with Crippen LogP contribution in [0.25, 0.3) is 0 Å². The van der Waals surface area contributed by atoms with Gasteiger partial charge in [0.05, 0.1) is 10.7 Å². The van der Waals surface area contributed by atoms with Gasteiger partial charge in [-0.3, -0.25) is 9.69 Å². The highest BCUT2D eigenvalue weighted by Crippen LogP contribution is 2.18. The maximum Gasteiger partial charge on any atom is 0.251 e. The van der Waals surface area contributed by atoms with Gasteiger partial charge in [-0.1, -0.05) is 12.1 Å². The molecule has 4 rings (SSSR count). The van der Waals surface area contributed by atoms with E-state index < -0.39 is 0 Å². The van der Waals surface area contributed by atoms with Crippen molar-refractivity contribution in [3.8, 4) is 5.75 Å². The minimum Gasteiger partial charge on any atom is -0.487 e. The summed E-state index contributed by atoms with van der Waals surface area (Å²) in [5.74, 6) is 0.707. The predicted molar refractivity (Wildman–Crippen MR) is 139 cm³/mol. The molecule has 1 aromatic heterocycles. The van der Waals surface area contributed by atoms with Crippen LogP contribution in [0.1, 0.15) is 39.5 Å². The zero-order valence-electron chi connectivity index (χ0n) is 20.1. The maximum atomic E-state index is 12.4. The van der Waals surface area contributed by atoms with E-state index in [-0.39, 0.29) is 5.91 Å². The first-order valence-electron chi connectivity index (χ1n) is 12.0. The summed E-state index contributed by atoms with van der Waals surface area (Å²) in [6.45, 7) is 10.7. The van der Waals surface area contributed by atoms with Crippen molar-refractivity contribution in [3.05, 3.63) is 75.7 Å². The zero-order chi connectivity index (χ0) is 23.8. The number of rotatable bonds is 10. The number of ether oxygens (including phenoxy) is 1. The SMILES string of the molecule is Cc1cccc(N2CCN(CCCCNC(=O)c3ccc(OCc4csc(C)n4)cc3)CC2)c1. The summed E-state index contributed by atoms with van der Waals surface area (Å²) in [4.78, 5) is 21.8. The average molecular weight is 479 g/mol. The van der Waals surface area contributed by atoms with E-state index >= 15 is 0 Å². The number of aromatic nitrogens is 1. The molecule has 3 aromatic rings. The molecule has 1 saturated heterocycles. The summed E-state index contributed by atoms with van der Waals surface area (Å²) in [5.41, 5.74) is 4.23. The lowest BCUT2D eigenvalue weighted by molar-refractivity contribution is 0.0952. The van der Waals surface area contributed by atoms with E-state index in [4.69, 9.17) is 4.74 Å². The van der Waals surface area contributed by atoms with Gasteiger partial charge in [0.15, 0.2) is 0 Å². The van der Waals surface area contributed by atoms with Crippen LogP contribution in [-0.4, -0.2) is 55.1 Å². The van der Waals surface area contributed by atoms with Gasteiger partial charge in [0.1, 0.15) is 12.4 Å². The molecule has 2 aromatic carbocycles. The molecule has 0 spiro atoms. The van der Waals surface area contributed by atoms with Crippen molar-refractivity contribution in [2.24, 2.45) is 0 Å². The number of piperazine rings is 1. The van der Waals surface area contributed by atoms with Gasteiger partial charge in [0.2, 0.25) is 0 Å². The summed E-state index contributed by atoms with van der Waals surface area (Å²) in [6, 6.07) is 16.0. The van der Waals surface area contributed by atoms with Crippen LogP contribution < -0.4 is 15.0 Å². The normalized spacial score (nSPS) is 14.2. The van der Waals surface area contributed by atoms with Crippen molar-refractivity contribution >= 4 is 22.9 Å². The number of carbonyl (C=O) groups excluding carboxylic acids is 1. The number of aryl methyl sites for hydroxylation is 2. The van der Waals surface area contributed by atoms with Crippen molar-refractivity contribution < 1.29 is 9.53 Å². The van der Waals surface area contributed by atoms with Crippen molar-refractivity contribution in [2.75, 3.05) is 44.2 Å². The predicted octanol–water partition coefficient (Wildman–Crippen LogP) is 4.67. The molecule has 6 nitrogen and oxygen atoms in total. The summed E-state index contributed by atoms with van der Waals surface area (Å²) in [7, 11) is 0. The maximum absolute atomic E-state index is 12.4. The second kappa shape index (κ2) is 12.0. The fraction of sp³-hybridized carbons (Fsp3) is 0.407. The topological polar surface area (TPSA) is 57.7 Å². The van der Waals surface area contributed by atoms with Crippen LogP contribution in [-0.2, 0) is 6.61 Å². The van der Waals surface area contributed by atoms with E-state index in [2.05, 4.69) is 51.3 Å². The summed E-state index contributed by atoms with van der Waals surface area (Å²) < 4.78 is 5.75. The number of benzene rings is 2. The van der Waals surface area contributed by atoms with Gasteiger partial charge in [0, 0.05) is 49.4 Å². The Labute approximate surface area is 206 Å². The molecule has 1 aliphatic heterocycles. The number of unbranched alkanes of at least 4 members (excludes halogenated alkanes) is 1. The first kappa shape index (κ1) is 24.2. The van der Waals surface area contributed by atoms with Gasteiger partial charge < -0.3 is 15.0 Å². The third-order valence-electron chi connectivity index (χ3n) is 6.10. The van der Waals surface area contributed by atoms with Gasteiger partial charge in [-0.2, -0.15) is 0 Å². The van der Waals surface area contributed by atoms with E-state index in [0.29, 0.717) is 18.7 Å². The lowest BCUT2D eigenvalue weighted by Crippen LogP contribution is -2.46. The Morgan fingerprint density at radius 1 is 1.06 bits per heavy atom. The highest BCUT2D eigenvalue weighted by molar-refractivity contribution is 7.09. The number of nitrogens with zero attached hydrogens (tertiary/aromatic N) is 3. The van der Waals surface area contributed by atoms with E-state index in [1.54, 1.807) is 11.3 Å². The van der Waals surface area contributed by atoms with Crippen molar-refractivity contribution in [1.82, 2.24) is 15.2 Å². The minimum atomic E-state index is -0.0338. The Morgan fingerprint density at radius 2 is 1.85 bits per heavy atom. The van der Waals surface area contributed by atoms with Crippen molar-refractivity contribution in [2.45, 2.75) is 33.3 Å². The number of anilines is 1. The molecule has 7 heteroatoms. The van der Waals surface area contributed by atoms with Gasteiger partial charge in [-0.15, -0.1) is 11.3 Å². The Morgan fingerprint density at radius 3 is 2.56 bits per heavy atom. The zero-order valence-corrected chi connectivity index (χ0v) is 20.9. The first-order valence-corrected chi connectivity index (χ1v) is 12.9. The molecular formula is C27H34N4O2S. The van der Waals surface area contributed by atoms with Gasteiger partial charge in [0.25, 0.3) is 5.91 Å². The molecular weight excluding hydrogens is 444 g/mol. The molecule has 0 bridgehead atoms. The van der Waals surface area contributed by atoms with Crippen LogP contribution in [0.5, 0.6) is 5.75 Å². The number of amides is 1. The molecule has 0 atom stereocenters. The van der Waals surface area contributed by atoms with E-state index in [9.17, 15) is 4.79 Å². The Bertz CT molecular complexity index is 1060. The molecule has 0 saturated carbocycles. The number of carbonyl (C=O) groups is 1. The molecule has 1 N–H and O–H groups in total. The van der Waals surface area contributed by atoms with Crippen LogP contribution in [0.3, 0.4) is 0 Å². The van der Waals surface area contributed by atoms with E-state index in [1.165, 1.54) is 11.3 Å². The van der Waals surface area contributed by atoms with Gasteiger partial charge >= 0.3 is 0 Å². The molecule has 0 radical (unpaired) electrons. The number of hydrogen-bond acceptors (Lipinski definition) is 6. The van der Waals surface area contributed by atoms with Crippen molar-refractivity contribution in [3.63, 3.8) is 0 Å². The molecule has 0 aliphatic carbocycles. The standard InChI is InChI=1S/C27H34N4O2S/c1-21-6-5-7-25(18-21)31-16-14-30(15-17-31)13-4-3-12-28-27(32)23-8-10-26(11-9-23)33-19-24-20-34-22(2)29-24/h5-11,18,20H,3-4,12-17,19H2,1-2H3,(H,28,32). The molecule has 180 valence electrons. The minimum absolute atomic E-state index is 0.0338. The van der Waals surface area contributed by atoms with Crippen LogP contribution in [0.15, 0.2) is 53.9 Å². The molecule has 1 aliphatic rings. The molecule has 1 amide bonds. The van der Waals surface area contributed by atoms with Crippen LogP contribution in [0.2, 0.25) is 0 Å². The lowest BCUT2D eigenvalue weighted by atomic mass is 10.2.